The van der Waals surface area contributed by atoms with Gasteiger partial charge in [0.25, 0.3) is 0 Å². The van der Waals surface area contributed by atoms with Gasteiger partial charge in [0.15, 0.2) is 0 Å². The van der Waals surface area contributed by atoms with Gasteiger partial charge in [-0.2, -0.15) is 5.26 Å². The van der Waals surface area contributed by atoms with Crippen molar-refractivity contribution in [3.8, 4) is 6.07 Å². The van der Waals surface area contributed by atoms with Gasteiger partial charge in [-0.05, 0) is 24.3 Å². The lowest BCUT2D eigenvalue weighted by molar-refractivity contribution is 0.602. The second-order valence-corrected chi connectivity index (χ2v) is 4.45. The van der Waals surface area contributed by atoms with E-state index in [-0.39, 0.29) is 5.82 Å². The van der Waals surface area contributed by atoms with E-state index >= 15 is 0 Å². The second-order valence-electron chi connectivity index (χ2n) is 3.36. The van der Waals surface area contributed by atoms with Crippen LogP contribution >= 0.6 is 11.8 Å². The standard InChI is InChI=1S/C13H9FN2S/c14-10-5-1-2-6-11(10)17-12-7-3-4-9(8-15)13(12)16/h1-7H,16H2. The molecule has 0 radical (unpaired) electrons. The summed E-state index contributed by atoms with van der Waals surface area (Å²) in [6, 6.07) is 13.6. The number of hydrogen-bond acceptors (Lipinski definition) is 3. The number of nitriles is 1. The fourth-order valence-corrected chi connectivity index (χ4v) is 2.29. The molecule has 0 saturated heterocycles. The summed E-state index contributed by atoms with van der Waals surface area (Å²) in [4.78, 5) is 1.18. The summed E-state index contributed by atoms with van der Waals surface area (Å²) < 4.78 is 13.5. The van der Waals surface area contributed by atoms with Crippen LogP contribution in [0, 0.1) is 17.1 Å². The maximum Gasteiger partial charge on any atom is 0.137 e. The number of nitrogens with two attached hydrogens (primary N) is 1. The van der Waals surface area contributed by atoms with Gasteiger partial charge in [-0.1, -0.05) is 30.0 Å². The Labute approximate surface area is 103 Å². The first kappa shape index (κ1) is 11.5. The van der Waals surface area contributed by atoms with Crippen molar-refractivity contribution in [2.75, 3.05) is 5.73 Å². The highest BCUT2D eigenvalue weighted by Gasteiger charge is 2.08. The molecule has 84 valence electrons. The molecule has 0 spiro atoms. The highest BCUT2D eigenvalue weighted by atomic mass is 32.2. The molecule has 0 unspecified atom stereocenters. The number of hydrogen-bond donors (Lipinski definition) is 1. The van der Waals surface area contributed by atoms with Crippen molar-refractivity contribution in [3.05, 3.63) is 53.8 Å². The lowest BCUT2D eigenvalue weighted by Crippen LogP contribution is -1.93. The van der Waals surface area contributed by atoms with Crippen LogP contribution in [-0.4, -0.2) is 0 Å². The molecule has 0 saturated carbocycles. The number of nitrogen functional groups attached to an aromatic ring is 1. The first-order valence-electron chi connectivity index (χ1n) is 4.93. The highest BCUT2D eigenvalue weighted by Crippen LogP contribution is 2.34. The Morgan fingerprint density at radius 3 is 2.47 bits per heavy atom. The van der Waals surface area contributed by atoms with Gasteiger partial charge < -0.3 is 5.73 Å². The Balaban J connectivity index is 2.38. The zero-order chi connectivity index (χ0) is 12.3. The van der Waals surface area contributed by atoms with E-state index in [2.05, 4.69) is 0 Å². The molecule has 2 aromatic rings. The van der Waals surface area contributed by atoms with Gasteiger partial charge in [0.2, 0.25) is 0 Å². The molecule has 2 aromatic carbocycles. The van der Waals surface area contributed by atoms with Crippen molar-refractivity contribution in [1.82, 2.24) is 0 Å². The van der Waals surface area contributed by atoms with Gasteiger partial charge in [0.05, 0.1) is 11.3 Å². The number of halogens is 1. The number of rotatable bonds is 2. The lowest BCUT2D eigenvalue weighted by atomic mass is 10.2. The van der Waals surface area contributed by atoms with E-state index in [1.165, 1.54) is 17.8 Å². The zero-order valence-corrected chi connectivity index (χ0v) is 9.67. The first-order chi connectivity index (χ1) is 8.22. The van der Waals surface area contributed by atoms with Gasteiger partial charge >= 0.3 is 0 Å². The summed E-state index contributed by atoms with van der Waals surface area (Å²) >= 11 is 1.22. The predicted octanol–water partition coefficient (Wildman–Crippen LogP) is 3.43. The summed E-state index contributed by atoms with van der Waals surface area (Å²) in [5.41, 5.74) is 6.63. The van der Waals surface area contributed by atoms with Crippen molar-refractivity contribution in [2.24, 2.45) is 0 Å². The monoisotopic (exact) mass is 244 g/mol. The average Bonchev–Trinajstić information content (AvgIpc) is 2.34. The minimum atomic E-state index is -0.292. The van der Waals surface area contributed by atoms with Gasteiger partial charge in [0.1, 0.15) is 11.9 Å². The van der Waals surface area contributed by atoms with E-state index in [1.807, 2.05) is 6.07 Å². The van der Waals surface area contributed by atoms with Crippen LogP contribution in [0.2, 0.25) is 0 Å². The summed E-state index contributed by atoms with van der Waals surface area (Å²) in [5.74, 6) is -0.292. The predicted molar refractivity (Wildman–Crippen MR) is 66.1 cm³/mol. The van der Waals surface area contributed by atoms with E-state index in [9.17, 15) is 4.39 Å². The van der Waals surface area contributed by atoms with Crippen molar-refractivity contribution in [1.29, 1.82) is 5.26 Å². The molecule has 0 aliphatic heterocycles. The molecule has 4 heteroatoms. The quantitative estimate of drug-likeness (QED) is 0.823. The average molecular weight is 244 g/mol. The van der Waals surface area contributed by atoms with Crippen molar-refractivity contribution >= 4 is 17.4 Å². The third-order valence-electron chi connectivity index (χ3n) is 2.24. The highest BCUT2D eigenvalue weighted by molar-refractivity contribution is 7.99. The summed E-state index contributed by atoms with van der Waals surface area (Å²) in [6.45, 7) is 0. The van der Waals surface area contributed by atoms with Gasteiger partial charge in [-0.15, -0.1) is 0 Å². The number of nitrogens with zero attached hydrogens (tertiary/aromatic N) is 1. The normalized spacial score (nSPS) is 9.88. The Bertz CT molecular complexity index is 590. The van der Waals surface area contributed by atoms with Crippen LogP contribution in [0.15, 0.2) is 52.3 Å². The SMILES string of the molecule is N#Cc1cccc(Sc2ccccc2F)c1N. The largest absolute Gasteiger partial charge is 0.397 e. The molecule has 0 aromatic heterocycles. The van der Waals surface area contributed by atoms with Gasteiger partial charge in [-0.25, -0.2) is 4.39 Å². The third-order valence-corrected chi connectivity index (χ3v) is 3.37. The molecule has 0 amide bonds. The number of benzene rings is 2. The molecule has 2 rings (SSSR count). The van der Waals surface area contributed by atoms with Crippen LogP contribution in [0.1, 0.15) is 5.56 Å². The van der Waals surface area contributed by atoms with E-state index < -0.39 is 0 Å². The summed E-state index contributed by atoms with van der Waals surface area (Å²) in [5, 5.41) is 8.85. The molecule has 0 heterocycles. The molecule has 0 fully saturated rings. The van der Waals surface area contributed by atoms with Gasteiger partial charge in [0, 0.05) is 9.79 Å². The molecule has 17 heavy (non-hydrogen) atoms. The smallest absolute Gasteiger partial charge is 0.137 e. The first-order valence-corrected chi connectivity index (χ1v) is 5.75. The van der Waals surface area contributed by atoms with Crippen LogP contribution in [-0.2, 0) is 0 Å². The molecule has 0 bridgehead atoms. The van der Waals surface area contributed by atoms with Crippen LogP contribution < -0.4 is 5.73 Å². The molecule has 2 N–H and O–H groups in total. The van der Waals surface area contributed by atoms with Crippen LogP contribution in [0.3, 0.4) is 0 Å². The van der Waals surface area contributed by atoms with E-state index in [4.69, 9.17) is 11.0 Å². The molecular weight excluding hydrogens is 235 g/mol. The van der Waals surface area contributed by atoms with Crippen molar-refractivity contribution in [3.63, 3.8) is 0 Å². The lowest BCUT2D eigenvalue weighted by Gasteiger charge is -2.07. The minimum Gasteiger partial charge on any atom is -0.397 e. The Morgan fingerprint density at radius 1 is 1.06 bits per heavy atom. The van der Waals surface area contributed by atoms with E-state index in [1.54, 1.807) is 36.4 Å². The van der Waals surface area contributed by atoms with Crippen LogP contribution in [0.4, 0.5) is 10.1 Å². The van der Waals surface area contributed by atoms with Crippen LogP contribution in [0.5, 0.6) is 0 Å². The number of anilines is 1. The second kappa shape index (κ2) is 4.89. The van der Waals surface area contributed by atoms with Crippen molar-refractivity contribution < 1.29 is 4.39 Å². The summed E-state index contributed by atoms with van der Waals surface area (Å²) in [7, 11) is 0. The molecule has 0 aliphatic rings. The Morgan fingerprint density at radius 2 is 1.76 bits per heavy atom. The topological polar surface area (TPSA) is 49.8 Å². The molecule has 0 atom stereocenters. The third kappa shape index (κ3) is 2.40. The van der Waals surface area contributed by atoms with Gasteiger partial charge in [-0.3, -0.25) is 0 Å². The molecule has 0 aliphatic carbocycles. The summed E-state index contributed by atoms with van der Waals surface area (Å²) in [6.07, 6.45) is 0. The maximum absolute atomic E-state index is 13.5. The molecular formula is C13H9FN2S. The minimum absolute atomic E-state index is 0.292. The maximum atomic E-state index is 13.5. The fraction of sp³-hybridized carbons (Fsp3) is 0. The Kier molecular flexibility index (Phi) is 3.31. The van der Waals surface area contributed by atoms with Crippen molar-refractivity contribution in [2.45, 2.75) is 9.79 Å². The number of para-hydroxylation sites is 1. The molecule has 2 nitrogen and oxygen atoms in total. The Hall–Kier alpha value is -1.99. The van der Waals surface area contributed by atoms with E-state index in [0.29, 0.717) is 21.0 Å². The fourth-order valence-electron chi connectivity index (χ4n) is 1.38. The van der Waals surface area contributed by atoms with Crippen LogP contribution in [0.25, 0.3) is 0 Å². The zero-order valence-electron chi connectivity index (χ0n) is 8.85. The van der Waals surface area contributed by atoms with E-state index in [0.717, 1.165) is 0 Å².